The largest absolute Gasteiger partial charge is 0.375 e. The van der Waals surface area contributed by atoms with Crippen molar-refractivity contribution in [2.75, 3.05) is 39.3 Å². The predicted octanol–water partition coefficient (Wildman–Crippen LogP) is 0.585. The molecule has 3 rings (SSSR count). The van der Waals surface area contributed by atoms with Gasteiger partial charge in [-0.1, -0.05) is 24.3 Å². The number of benzene rings is 1. The van der Waals surface area contributed by atoms with Gasteiger partial charge in [0.25, 0.3) is 0 Å². The normalized spacial score (nSPS) is 24.2. The van der Waals surface area contributed by atoms with E-state index in [9.17, 15) is 9.59 Å². The lowest BCUT2D eigenvalue weighted by Crippen LogP contribution is -2.60. The topological polar surface area (TPSA) is 61.9 Å². The highest BCUT2D eigenvalue weighted by atomic mass is 16.5. The second-order valence-electron chi connectivity index (χ2n) is 6.82. The molecule has 1 aromatic carbocycles. The first-order chi connectivity index (χ1) is 12.1. The molecule has 1 N–H and O–H groups in total. The van der Waals surface area contributed by atoms with Crippen LogP contribution in [0.15, 0.2) is 24.3 Å². The monoisotopic (exact) mass is 345 g/mol. The maximum absolute atomic E-state index is 12.7. The first kappa shape index (κ1) is 17.9. The molecule has 136 valence electrons. The Hall–Kier alpha value is -1.92. The van der Waals surface area contributed by atoms with Crippen molar-refractivity contribution >= 4 is 11.8 Å². The molecule has 2 aliphatic rings. The van der Waals surface area contributed by atoms with Gasteiger partial charge in [-0.2, -0.15) is 0 Å². The highest BCUT2D eigenvalue weighted by Gasteiger charge is 2.33. The molecule has 0 unspecified atom stereocenters. The number of nitrogens with one attached hydrogen (secondary N) is 1. The zero-order chi connectivity index (χ0) is 17.8. The molecular formula is C19H27N3O3. The molecule has 0 aliphatic carbocycles. The van der Waals surface area contributed by atoms with Crippen LogP contribution in [0.25, 0.3) is 0 Å². The summed E-state index contributed by atoms with van der Waals surface area (Å²) < 4.78 is 5.56. The number of piperazine rings is 1. The van der Waals surface area contributed by atoms with E-state index in [0.717, 1.165) is 11.1 Å². The molecule has 0 radical (unpaired) electrons. The number of hydrogen-bond donors (Lipinski definition) is 1. The van der Waals surface area contributed by atoms with Crippen LogP contribution in [0.4, 0.5) is 0 Å². The zero-order valence-corrected chi connectivity index (χ0v) is 15.0. The van der Waals surface area contributed by atoms with Gasteiger partial charge in [0.1, 0.15) is 6.04 Å². The van der Waals surface area contributed by atoms with Gasteiger partial charge in [-0.05, 0) is 25.0 Å². The van der Waals surface area contributed by atoms with Crippen LogP contribution in [0.5, 0.6) is 0 Å². The Morgan fingerprint density at radius 3 is 2.52 bits per heavy atom. The third-order valence-corrected chi connectivity index (χ3v) is 5.13. The fourth-order valence-electron chi connectivity index (χ4n) is 3.47. The fraction of sp³-hybridized carbons (Fsp3) is 0.579. The summed E-state index contributed by atoms with van der Waals surface area (Å²) in [6.45, 7) is 7.67. The number of amides is 2. The molecule has 6 nitrogen and oxygen atoms in total. The molecule has 2 fully saturated rings. The summed E-state index contributed by atoms with van der Waals surface area (Å²) in [7, 11) is 0. The van der Waals surface area contributed by atoms with Crippen LogP contribution in [-0.4, -0.2) is 73.1 Å². The van der Waals surface area contributed by atoms with Crippen molar-refractivity contribution in [3.63, 3.8) is 0 Å². The van der Waals surface area contributed by atoms with Gasteiger partial charge in [0.15, 0.2) is 0 Å². The fourth-order valence-corrected chi connectivity index (χ4v) is 3.47. The summed E-state index contributed by atoms with van der Waals surface area (Å²) in [5, 5.41) is 3.24. The Morgan fingerprint density at radius 2 is 1.84 bits per heavy atom. The molecule has 2 amide bonds. The molecule has 2 heterocycles. The van der Waals surface area contributed by atoms with E-state index in [-0.39, 0.29) is 24.0 Å². The molecule has 25 heavy (non-hydrogen) atoms. The van der Waals surface area contributed by atoms with E-state index in [1.54, 1.807) is 0 Å². The summed E-state index contributed by atoms with van der Waals surface area (Å²) in [5.41, 5.74) is 2.21. The first-order valence-electron chi connectivity index (χ1n) is 9.02. The van der Waals surface area contributed by atoms with Gasteiger partial charge in [0, 0.05) is 32.7 Å². The van der Waals surface area contributed by atoms with E-state index in [1.807, 2.05) is 47.9 Å². The van der Waals surface area contributed by atoms with Crippen LogP contribution in [0.2, 0.25) is 0 Å². The van der Waals surface area contributed by atoms with Crippen LogP contribution in [-0.2, 0) is 20.7 Å². The Bertz CT molecular complexity index is 626. The number of carbonyl (C=O) groups excluding carboxylic acids is 2. The van der Waals surface area contributed by atoms with Crippen molar-refractivity contribution in [2.45, 2.75) is 32.4 Å². The average Bonchev–Trinajstić information content (AvgIpc) is 2.63. The Morgan fingerprint density at radius 1 is 1.16 bits per heavy atom. The molecule has 0 saturated carbocycles. The van der Waals surface area contributed by atoms with Gasteiger partial charge >= 0.3 is 0 Å². The second kappa shape index (κ2) is 7.97. The summed E-state index contributed by atoms with van der Waals surface area (Å²) in [6, 6.07) is 7.70. The van der Waals surface area contributed by atoms with Crippen LogP contribution in [0.3, 0.4) is 0 Å². The maximum atomic E-state index is 12.7. The number of nitrogens with zero attached hydrogens (tertiary/aromatic N) is 2. The lowest BCUT2D eigenvalue weighted by Gasteiger charge is -2.38. The Labute approximate surface area is 149 Å². The van der Waals surface area contributed by atoms with Gasteiger partial charge in [-0.15, -0.1) is 0 Å². The minimum atomic E-state index is -0.275. The molecule has 1 aromatic rings. The number of aryl methyl sites for hydroxylation is 1. The maximum Gasteiger partial charge on any atom is 0.242 e. The van der Waals surface area contributed by atoms with E-state index in [1.165, 1.54) is 0 Å². The minimum absolute atomic E-state index is 0.0817. The number of carbonyl (C=O) groups is 2. The number of morpholine rings is 1. The minimum Gasteiger partial charge on any atom is -0.375 e. The van der Waals surface area contributed by atoms with Crippen molar-refractivity contribution in [1.29, 1.82) is 0 Å². The van der Waals surface area contributed by atoms with Crippen LogP contribution in [0.1, 0.15) is 18.1 Å². The van der Waals surface area contributed by atoms with Crippen molar-refractivity contribution in [3.8, 4) is 0 Å². The summed E-state index contributed by atoms with van der Waals surface area (Å²) >= 11 is 0. The third-order valence-electron chi connectivity index (χ3n) is 5.13. The molecule has 2 saturated heterocycles. The van der Waals surface area contributed by atoms with Crippen LogP contribution >= 0.6 is 0 Å². The quantitative estimate of drug-likeness (QED) is 0.871. The van der Waals surface area contributed by atoms with Crippen molar-refractivity contribution in [2.24, 2.45) is 0 Å². The standard InChI is InChI=1S/C19H27N3O3/c1-14-5-3-4-6-16(14)13-17(23)21-8-10-22(11-9-21)19(24)18-15(2)25-12-7-20-18/h3-6,15,18,20H,7-13H2,1-2H3/t15-,18+/m1/s1. The molecule has 0 aromatic heterocycles. The highest BCUT2D eigenvalue weighted by molar-refractivity contribution is 5.83. The molecule has 2 aliphatic heterocycles. The number of rotatable bonds is 3. The molecular weight excluding hydrogens is 318 g/mol. The van der Waals surface area contributed by atoms with Crippen molar-refractivity contribution in [3.05, 3.63) is 35.4 Å². The van der Waals surface area contributed by atoms with Gasteiger partial charge in [0.2, 0.25) is 11.8 Å². The zero-order valence-electron chi connectivity index (χ0n) is 15.0. The second-order valence-corrected chi connectivity index (χ2v) is 6.82. The smallest absolute Gasteiger partial charge is 0.242 e. The van der Waals surface area contributed by atoms with E-state index in [2.05, 4.69) is 5.32 Å². The number of hydrogen-bond acceptors (Lipinski definition) is 4. The van der Waals surface area contributed by atoms with E-state index in [0.29, 0.717) is 45.8 Å². The highest BCUT2D eigenvalue weighted by Crippen LogP contribution is 2.13. The van der Waals surface area contributed by atoms with Gasteiger partial charge in [-0.25, -0.2) is 0 Å². The summed E-state index contributed by atoms with van der Waals surface area (Å²) in [4.78, 5) is 28.9. The summed E-state index contributed by atoms with van der Waals surface area (Å²) in [6.07, 6.45) is 0.317. The van der Waals surface area contributed by atoms with Gasteiger partial charge in [0.05, 0.1) is 19.1 Å². The Kier molecular flexibility index (Phi) is 5.71. The average molecular weight is 345 g/mol. The van der Waals surface area contributed by atoms with E-state index >= 15 is 0 Å². The lowest BCUT2D eigenvalue weighted by molar-refractivity contribution is -0.144. The first-order valence-corrected chi connectivity index (χ1v) is 9.02. The molecule has 6 heteroatoms. The van der Waals surface area contributed by atoms with Crippen LogP contribution in [0, 0.1) is 6.92 Å². The van der Waals surface area contributed by atoms with Gasteiger partial charge in [-0.3, -0.25) is 9.59 Å². The Balaban J connectivity index is 1.52. The van der Waals surface area contributed by atoms with Gasteiger partial charge < -0.3 is 19.9 Å². The van der Waals surface area contributed by atoms with Crippen molar-refractivity contribution < 1.29 is 14.3 Å². The summed E-state index contributed by atoms with van der Waals surface area (Å²) in [5.74, 6) is 0.215. The van der Waals surface area contributed by atoms with Crippen LogP contribution < -0.4 is 5.32 Å². The lowest BCUT2D eigenvalue weighted by atomic mass is 10.0. The molecule has 0 bridgehead atoms. The predicted molar refractivity (Wildman–Crippen MR) is 95.2 cm³/mol. The third kappa shape index (κ3) is 4.19. The number of ether oxygens (including phenoxy) is 1. The van der Waals surface area contributed by atoms with E-state index in [4.69, 9.17) is 4.74 Å². The van der Waals surface area contributed by atoms with E-state index < -0.39 is 0 Å². The SMILES string of the molecule is Cc1ccccc1CC(=O)N1CCN(C(=O)[C@H]2NCCO[C@@H]2C)CC1. The molecule has 2 atom stereocenters. The van der Waals surface area contributed by atoms with Crippen molar-refractivity contribution in [1.82, 2.24) is 15.1 Å². The molecule has 0 spiro atoms.